The molecule has 20 heavy (non-hydrogen) atoms. The molecule has 0 atom stereocenters. The summed E-state index contributed by atoms with van der Waals surface area (Å²) in [5.74, 6) is 0. The van der Waals surface area contributed by atoms with Crippen LogP contribution < -0.4 is 5.73 Å². The molecule has 2 aliphatic heterocycles. The highest BCUT2D eigenvalue weighted by Gasteiger charge is 2.52. The topological polar surface area (TPSA) is 64.8 Å². The van der Waals surface area contributed by atoms with Crippen molar-refractivity contribution in [3.63, 3.8) is 0 Å². The lowest BCUT2D eigenvalue weighted by atomic mass is 9.85. The fourth-order valence-corrected chi connectivity index (χ4v) is 2.76. The van der Waals surface area contributed by atoms with E-state index in [-0.39, 0.29) is 11.7 Å². The summed E-state index contributed by atoms with van der Waals surface area (Å²) in [4.78, 5) is 13.7. The maximum atomic E-state index is 12.0. The quantitative estimate of drug-likeness (QED) is 0.738. The minimum atomic E-state index is -0.470. The minimum Gasteiger partial charge on any atom is -0.444 e. The molecule has 0 aromatic heterocycles. The van der Waals surface area contributed by atoms with E-state index in [9.17, 15) is 4.79 Å². The third kappa shape index (κ3) is 2.12. The van der Waals surface area contributed by atoms with Crippen LogP contribution in [-0.4, -0.2) is 29.7 Å². The maximum Gasteiger partial charge on any atom is 0.410 e. The number of amides is 1. The van der Waals surface area contributed by atoms with E-state index < -0.39 is 5.60 Å². The van der Waals surface area contributed by atoms with E-state index in [1.54, 1.807) is 4.90 Å². The molecule has 1 spiro atoms. The van der Waals surface area contributed by atoms with Crippen LogP contribution in [0.3, 0.4) is 0 Å². The summed E-state index contributed by atoms with van der Waals surface area (Å²) in [6.45, 7) is 7.24. The number of hydrogen-bond donors (Lipinski definition) is 1. The third-order valence-corrected chi connectivity index (χ3v) is 3.67. The zero-order chi connectivity index (χ0) is 14.5. The molecule has 5 heteroatoms. The predicted octanol–water partition coefficient (Wildman–Crippen LogP) is 2.25. The molecule has 5 nitrogen and oxygen atoms in total. The predicted molar refractivity (Wildman–Crippen MR) is 75.1 cm³/mol. The van der Waals surface area contributed by atoms with Crippen molar-refractivity contribution in [1.29, 1.82) is 0 Å². The summed E-state index contributed by atoms with van der Waals surface area (Å²) in [5, 5.41) is 0. The van der Waals surface area contributed by atoms with Crippen molar-refractivity contribution in [2.45, 2.75) is 38.6 Å². The van der Waals surface area contributed by atoms with E-state index in [0.29, 0.717) is 19.7 Å². The summed E-state index contributed by atoms with van der Waals surface area (Å²) in [6, 6.07) is 5.83. The Morgan fingerprint density at radius 1 is 1.40 bits per heavy atom. The van der Waals surface area contributed by atoms with Crippen molar-refractivity contribution in [3.8, 4) is 0 Å². The molecule has 1 saturated heterocycles. The number of nitrogen functional groups attached to an aromatic ring is 1. The van der Waals surface area contributed by atoms with Gasteiger partial charge in [0, 0.05) is 5.69 Å². The number of likely N-dealkylation sites (tertiary alicyclic amines) is 1. The Balaban J connectivity index is 1.71. The van der Waals surface area contributed by atoms with Crippen LogP contribution in [0.4, 0.5) is 10.5 Å². The lowest BCUT2D eigenvalue weighted by Crippen LogP contribution is -2.61. The van der Waals surface area contributed by atoms with E-state index in [1.165, 1.54) is 0 Å². The summed E-state index contributed by atoms with van der Waals surface area (Å²) in [5.41, 5.74) is 7.96. The van der Waals surface area contributed by atoms with Gasteiger partial charge in [-0.2, -0.15) is 0 Å². The van der Waals surface area contributed by atoms with Crippen LogP contribution in [0.15, 0.2) is 18.2 Å². The second kappa shape index (κ2) is 4.12. The third-order valence-electron chi connectivity index (χ3n) is 3.67. The molecule has 1 fully saturated rings. The van der Waals surface area contributed by atoms with E-state index >= 15 is 0 Å². The van der Waals surface area contributed by atoms with Gasteiger partial charge in [0.25, 0.3) is 0 Å². The standard InChI is InChI=1S/C15H20N2O3/c1-14(2,3)20-13(18)17-8-15(9-17)12-5-4-11(16)6-10(12)7-19-15/h4-6H,7-9,16H2,1-3H3. The summed E-state index contributed by atoms with van der Waals surface area (Å²) >= 11 is 0. The molecule has 2 N–H and O–H groups in total. The second-order valence-electron chi connectivity index (χ2n) is 6.54. The molecule has 1 aromatic carbocycles. The summed E-state index contributed by atoms with van der Waals surface area (Å²) < 4.78 is 11.3. The summed E-state index contributed by atoms with van der Waals surface area (Å²) in [7, 11) is 0. The maximum absolute atomic E-state index is 12.0. The molecule has 2 aliphatic rings. The summed E-state index contributed by atoms with van der Waals surface area (Å²) in [6.07, 6.45) is -0.282. The van der Waals surface area contributed by atoms with Crippen LogP contribution in [-0.2, 0) is 21.7 Å². The number of nitrogens with zero attached hydrogens (tertiary/aromatic N) is 1. The lowest BCUT2D eigenvalue weighted by Gasteiger charge is -2.47. The monoisotopic (exact) mass is 276 g/mol. The van der Waals surface area contributed by atoms with Crippen molar-refractivity contribution >= 4 is 11.8 Å². The first-order valence-electron chi connectivity index (χ1n) is 6.80. The first-order valence-corrected chi connectivity index (χ1v) is 6.80. The molecule has 0 bridgehead atoms. The van der Waals surface area contributed by atoms with Crippen LogP contribution in [0.2, 0.25) is 0 Å². The van der Waals surface area contributed by atoms with Gasteiger partial charge in [0.2, 0.25) is 0 Å². The van der Waals surface area contributed by atoms with Crippen LogP contribution >= 0.6 is 0 Å². The van der Waals surface area contributed by atoms with Crippen LogP contribution in [0, 0.1) is 0 Å². The molecule has 0 aliphatic carbocycles. The Hall–Kier alpha value is -1.75. The van der Waals surface area contributed by atoms with Crippen molar-refractivity contribution < 1.29 is 14.3 Å². The number of carbonyl (C=O) groups excluding carboxylic acids is 1. The number of anilines is 1. The Morgan fingerprint density at radius 3 is 2.75 bits per heavy atom. The van der Waals surface area contributed by atoms with E-state index in [2.05, 4.69) is 0 Å². The van der Waals surface area contributed by atoms with Crippen LogP contribution in [0.1, 0.15) is 31.9 Å². The number of carbonyl (C=O) groups is 1. The van der Waals surface area contributed by atoms with Gasteiger partial charge < -0.3 is 20.1 Å². The van der Waals surface area contributed by atoms with E-state index in [0.717, 1.165) is 16.8 Å². The van der Waals surface area contributed by atoms with Gasteiger partial charge in [-0.3, -0.25) is 0 Å². The lowest BCUT2D eigenvalue weighted by molar-refractivity contribution is -0.137. The molecule has 0 saturated carbocycles. The van der Waals surface area contributed by atoms with Gasteiger partial charge in [0.1, 0.15) is 11.2 Å². The first-order chi connectivity index (χ1) is 9.29. The van der Waals surface area contributed by atoms with Gasteiger partial charge in [0.05, 0.1) is 19.7 Å². The molecular weight excluding hydrogens is 256 g/mol. The van der Waals surface area contributed by atoms with Gasteiger partial charge in [0.15, 0.2) is 0 Å². The Morgan fingerprint density at radius 2 is 2.10 bits per heavy atom. The molecule has 0 radical (unpaired) electrons. The molecule has 1 aromatic rings. The Labute approximate surface area is 118 Å². The average molecular weight is 276 g/mol. The van der Waals surface area contributed by atoms with Crippen molar-refractivity contribution in [2.24, 2.45) is 0 Å². The fourth-order valence-electron chi connectivity index (χ4n) is 2.76. The number of ether oxygens (including phenoxy) is 2. The van der Waals surface area contributed by atoms with Gasteiger partial charge >= 0.3 is 6.09 Å². The number of hydrogen-bond acceptors (Lipinski definition) is 4. The number of nitrogens with two attached hydrogens (primary N) is 1. The highest BCUT2D eigenvalue weighted by molar-refractivity contribution is 5.70. The van der Waals surface area contributed by atoms with Crippen LogP contribution in [0.5, 0.6) is 0 Å². The molecule has 1 amide bonds. The zero-order valence-electron chi connectivity index (χ0n) is 12.1. The molecular formula is C15H20N2O3. The van der Waals surface area contributed by atoms with Gasteiger partial charge in [-0.15, -0.1) is 0 Å². The molecule has 0 unspecified atom stereocenters. The normalized spacial score (nSPS) is 19.6. The van der Waals surface area contributed by atoms with Gasteiger partial charge in [-0.05, 0) is 44.0 Å². The van der Waals surface area contributed by atoms with Crippen molar-refractivity contribution in [2.75, 3.05) is 18.8 Å². The zero-order valence-corrected chi connectivity index (χ0v) is 12.1. The van der Waals surface area contributed by atoms with Crippen molar-refractivity contribution in [1.82, 2.24) is 4.90 Å². The van der Waals surface area contributed by atoms with Gasteiger partial charge in [-0.1, -0.05) is 6.07 Å². The number of rotatable bonds is 0. The van der Waals surface area contributed by atoms with E-state index in [1.807, 2.05) is 39.0 Å². The first kappa shape index (κ1) is 13.2. The number of fused-ring (bicyclic) bond motifs is 2. The Kier molecular flexibility index (Phi) is 2.73. The largest absolute Gasteiger partial charge is 0.444 e. The van der Waals surface area contributed by atoms with Crippen molar-refractivity contribution in [3.05, 3.63) is 29.3 Å². The highest BCUT2D eigenvalue weighted by Crippen LogP contribution is 2.44. The minimum absolute atomic E-state index is 0.282. The highest BCUT2D eigenvalue weighted by atomic mass is 16.6. The number of benzene rings is 1. The van der Waals surface area contributed by atoms with E-state index in [4.69, 9.17) is 15.2 Å². The Bertz CT molecular complexity index is 557. The molecule has 108 valence electrons. The second-order valence-corrected chi connectivity index (χ2v) is 6.54. The fraction of sp³-hybridized carbons (Fsp3) is 0.533. The molecule has 2 heterocycles. The smallest absolute Gasteiger partial charge is 0.410 e. The van der Waals surface area contributed by atoms with Gasteiger partial charge in [-0.25, -0.2) is 4.79 Å². The SMILES string of the molecule is CC(C)(C)OC(=O)N1CC2(C1)OCc1cc(N)ccc12. The molecule has 3 rings (SSSR count). The average Bonchev–Trinajstić information content (AvgIpc) is 2.62. The van der Waals surface area contributed by atoms with Crippen LogP contribution in [0.25, 0.3) is 0 Å².